The van der Waals surface area contributed by atoms with Crippen molar-refractivity contribution in [1.82, 2.24) is 14.8 Å². The van der Waals surface area contributed by atoms with Crippen molar-refractivity contribution in [3.8, 4) is 0 Å². The Bertz CT molecular complexity index is 583. The normalized spacial score (nSPS) is 16.7. The number of nitrogens with two attached hydrogens (primary N) is 1. The highest BCUT2D eigenvalue weighted by Gasteiger charge is 2.17. The van der Waals surface area contributed by atoms with E-state index in [0.717, 1.165) is 28.8 Å². The minimum absolute atomic E-state index is 0.509. The first-order valence-electron chi connectivity index (χ1n) is 7.63. The van der Waals surface area contributed by atoms with Gasteiger partial charge in [-0.05, 0) is 19.8 Å². The Hall–Kier alpha value is -1.62. The van der Waals surface area contributed by atoms with Crippen LogP contribution in [0, 0.1) is 0 Å². The number of hydrogen-bond acceptors (Lipinski definition) is 4. The van der Waals surface area contributed by atoms with E-state index < -0.39 is 0 Å². The van der Waals surface area contributed by atoms with Gasteiger partial charge in [0.2, 0.25) is 0 Å². The molecule has 5 heteroatoms. The first-order valence-corrected chi connectivity index (χ1v) is 7.63. The van der Waals surface area contributed by atoms with Crippen molar-refractivity contribution in [3.05, 3.63) is 18.0 Å². The summed E-state index contributed by atoms with van der Waals surface area (Å²) in [5, 5.41) is 9.22. The zero-order valence-electron chi connectivity index (χ0n) is 12.1. The number of hydrogen-bond donors (Lipinski definition) is 2. The Labute approximate surface area is 119 Å². The fourth-order valence-electron chi connectivity index (χ4n) is 3.08. The van der Waals surface area contributed by atoms with Crippen molar-refractivity contribution < 1.29 is 0 Å². The lowest BCUT2D eigenvalue weighted by Crippen LogP contribution is -2.23. The van der Waals surface area contributed by atoms with Gasteiger partial charge in [-0.2, -0.15) is 5.10 Å². The van der Waals surface area contributed by atoms with Crippen LogP contribution in [-0.2, 0) is 13.1 Å². The monoisotopic (exact) mass is 273 g/mol. The third-order valence-electron chi connectivity index (χ3n) is 4.22. The second-order valence-corrected chi connectivity index (χ2v) is 5.54. The molecule has 2 aromatic rings. The molecule has 0 spiro atoms. The molecule has 3 rings (SSSR count). The minimum Gasteiger partial charge on any atom is -0.381 e. The fraction of sp³-hybridized carbons (Fsp3) is 0.600. The number of aromatic nitrogens is 3. The first kappa shape index (κ1) is 13.4. The van der Waals surface area contributed by atoms with Crippen LogP contribution in [0.2, 0.25) is 0 Å². The molecule has 2 aromatic heterocycles. The predicted molar refractivity (Wildman–Crippen MR) is 81.6 cm³/mol. The molecule has 1 aliphatic carbocycles. The summed E-state index contributed by atoms with van der Waals surface area (Å²) in [6.45, 7) is 3.43. The Morgan fingerprint density at radius 3 is 2.80 bits per heavy atom. The summed E-state index contributed by atoms with van der Waals surface area (Å²) < 4.78 is 1.93. The molecule has 0 aromatic carbocycles. The lowest BCUT2D eigenvalue weighted by Gasteiger charge is -2.25. The van der Waals surface area contributed by atoms with E-state index in [1.807, 2.05) is 17.1 Å². The van der Waals surface area contributed by atoms with Gasteiger partial charge in [-0.1, -0.05) is 19.3 Å². The fourth-order valence-corrected chi connectivity index (χ4v) is 3.08. The van der Waals surface area contributed by atoms with Crippen LogP contribution in [0.4, 0.5) is 5.69 Å². The number of rotatable bonds is 4. The molecule has 1 fully saturated rings. The average molecular weight is 273 g/mol. The smallest absolute Gasteiger partial charge is 0.159 e. The van der Waals surface area contributed by atoms with Gasteiger partial charge < -0.3 is 11.1 Å². The van der Waals surface area contributed by atoms with Crippen LogP contribution in [0.5, 0.6) is 0 Å². The summed E-state index contributed by atoms with van der Waals surface area (Å²) in [4.78, 5) is 4.52. The number of nitrogens with zero attached hydrogens (tertiary/aromatic N) is 3. The van der Waals surface area contributed by atoms with E-state index in [4.69, 9.17) is 5.73 Å². The van der Waals surface area contributed by atoms with Crippen LogP contribution in [-0.4, -0.2) is 20.8 Å². The van der Waals surface area contributed by atoms with Gasteiger partial charge in [-0.25, -0.2) is 9.67 Å². The average Bonchev–Trinajstić information content (AvgIpc) is 2.92. The van der Waals surface area contributed by atoms with Crippen molar-refractivity contribution >= 4 is 16.7 Å². The van der Waals surface area contributed by atoms with Crippen molar-refractivity contribution in [2.24, 2.45) is 5.73 Å². The molecule has 1 saturated carbocycles. The largest absolute Gasteiger partial charge is 0.381 e. The first-order chi connectivity index (χ1) is 9.83. The molecule has 0 amide bonds. The molecule has 20 heavy (non-hydrogen) atoms. The van der Waals surface area contributed by atoms with Crippen LogP contribution in [0.15, 0.2) is 12.4 Å². The van der Waals surface area contributed by atoms with Gasteiger partial charge in [-0.15, -0.1) is 0 Å². The highest BCUT2D eigenvalue weighted by Crippen LogP contribution is 2.29. The zero-order valence-corrected chi connectivity index (χ0v) is 12.1. The van der Waals surface area contributed by atoms with Crippen LogP contribution >= 0.6 is 0 Å². The van der Waals surface area contributed by atoms with Crippen molar-refractivity contribution in [3.63, 3.8) is 0 Å². The molecular formula is C15H23N5. The zero-order chi connectivity index (χ0) is 13.9. The molecule has 0 saturated heterocycles. The van der Waals surface area contributed by atoms with Gasteiger partial charge in [0.05, 0.1) is 17.3 Å². The molecule has 2 heterocycles. The topological polar surface area (TPSA) is 68.8 Å². The van der Waals surface area contributed by atoms with E-state index in [-0.39, 0.29) is 0 Å². The second-order valence-electron chi connectivity index (χ2n) is 5.54. The van der Waals surface area contributed by atoms with E-state index in [2.05, 4.69) is 22.3 Å². The van der Waals surface area contributed by atoms with E-state index in [9.17, 15) is 0 Å². The molecule has 1 aliphatic rings. The number of nitrogens with one attached hydrogen (secondary N) is 1. The van der Waals surface area contributed by atoms with Gasteiger partial charge in [0.15, 0.2) is 5.65 Å². The maximum absolute atomic E-state index is 5.88. The van der Waals surface area contributed by atoms with E-state index >= 15 is 0 Å². The maximum atomic E-state index is 5.88. The molecule has 108 valence electrons. The summed E-state index contributed by atoms with van der Waals surface area (Å²) in [5.74, 6) is 0. The molecule has 0 aliphatic heterocycles. The second kappa shape index (κ2) is 5.79. The molecule has 0 unspecified atom stereocenters. The summed E-state index contributed by atoms with van der Waals surface area (Å²) in [6.07, 6.45) is 10.3. The maximum Gasteiger partial charge on any atom is 0.159 e. The molecular weight excluding hydrogens is 250 g/mol. The third-order valence-corrected chi connectivity index (χ3v) is 4.22. The van der Waals surface area contributed by atoms with Crippen LogP contribution in [0.1, 0.15) is 44.6 Å². The summed E-state index contributed by atoms with van der Waals surface area (Å²) >= 11 is 0. The Balaban J connectivity index is 1.99. The van der Waals surface area contributed by atoms with E-state index in [0.29, 0.717) is 12.6 Å². The molecule has 5 nitrogen and oxygen atoms in total. The Morgan fingerprint density at radius 1 is 1.30 bits per heavy atom. The van der Waals surface area contributed by atoms with Crippen LogP contribution < -0.4 is 11.1 Å². The molecule has 0 atom stereocenters. The molecule has 3 N–H and O–H groups in total. The quantitative estimate of drug-likeness (QED) is 0.898. The molecule has 0 radical (unpaired) electrons. The third kappa shape index (κ3) is 2.38. The summed E-state index contributed by atoms with van der Waals surface area (Å²) in [5.41, 5.74) is 9.05. The summed E-state index contributed by atoms with van der Waals surface area (Å²) in [6, 6.07) is 0.560. The highest BCUT2D eigenvalue weighted by molar-refractivity contribution is 5.90. The molecule has 0 bridgehead atoms. The minimum atomic E-state index is 0.509. The van der Waals surface area contributed by atoms with Gasteiger partial charge >= 0.3 is 0 Å². The Kier molecular flexibility index (Phi) is 3.87. The number of aryl methyl sites for hydroxylation is 1. The highest BCUT2D eigenvalue weighted by atomic mass is 15.3. The van der Waals surface area contributed by atoms with Gasteiger partial charge in [0.25, 0.3) is 0 Å². The number of fused-ring (bicyclic) bond motifs is 1. The van der Waals surface area contributed by atoms with E-state index in [1.165, 1.54) is 32.1 Å². The van der Waals surface area contributed by atoms with Gasteiger partial charge in [0, 0.05) is 30.9 Å². The standard InChI is InChI=1S/C15H23N5/c1-2-20-15-13(10-18-20)14(11(8-16)9-17-15)19-12-6-4-3-5-7-12/h9-10,12H,2-8,16H2,1H3,(H,17,19). The lowest BCUT2D eigenvalue weighted by molar-refractivity contribution is 0.462. The van der Waals surface area contributed by atoms with E-state index in [1.54, 1.807) is 0 Å². The summed E-state index contributed by atoms with van der Waals surface area (Å²) in [7, 11) is 0. The van der Waals surface area contributed by atoms with Crippen LogP contribution in [0.3, 0.4) is 0 Å². The van der Waals surface area contributed by atoms with Crippen molar-refractivity contribution in [1.29, 1.82) is 0 Å². The number of pyridine rings is 1. The van der Waals surface area contributed by atoms with Gasteiger partial charge in [-0.3, -0.25) is 0 Å². The predicted octanol–water partition coefficient (Wildman–Crippen LogP) is 2.65. The van der Waals surface area contributed by atoms with Crippen molar-refractivity contribution in [2.45, 2.75) is 58.2 Å². The Morgan fingerprint density at radius 2 is 2.10 bits per heavy atom. The van der Waals surface area contributed by atoms with Crippen molar-refractivity contribution in [2.75, 3.05) is 5.32 Å². The van der Waals surface area contributed by atoms with Gasteiger partial charge in [0.1, 0.15) is 0 Å². The number of anilines is 1. The van der Waals surface area contributed by atoms with Crippen LogP contribution in [0.25, 0.3) is 11.0 Å². The SMILES string of the molecule is CCn1ncc2c(NC3CCCCC3)c(CN)cnc21. The lowest BCUT2D eigenvalue weighted by atomic mass is 9.95.